The molecule has 0 spiro atoms. The first kappa shape index (κ1) is 12.7. The summed E-state index contributed by atoms with van der Waals surface area (Å²) in [5.41, 5.74) is 1.22. The molecule has 0 aliphatic rings. The van der Waals surface area contributed by atoms with Crippen molar-refractivity contribution < 1.29 is 4.74 Å². The molecule has 0 heterocycles. The number of halogens is 1. The van der Waals surface area contributed by atoms with Gasteiger partial charge in [0.1, 0.15) is 0 Å². The van der Waals surface area contributed by atoms with Crippen molar-refractivity contribution in [2.24, 2.45) is 0 Å². The number of rotatable bonds is 6. The van der Waals surface area contributed by atoms with Gasteiger partial charge in [-0.05, 0) is 31.2 Å². The van der Waals surface area contributed by atoms with Crippen molar-refractivity contribution in [3.05, 3.63) is 34.3 Å². The van der Waals surface area contributed by atoms with Crippen LogP contribution in [0.5, 0.6) is 0 Å². The summed E-state index contributed by atoms with van der Waals surface area (Å²) >= 11 is 3.43. The Balaban J connectivity index is 2.65. The van der Waals surface area contributed by atoms with Gasteiger partial charge in [0.2, 0.25) is 0 Å². The van der Waals surface area contributed by atoms with Crippen LogP contribution in [0.4, 0.5) is 0 Å². The van der Waals surface area contributed by atoms with Gasteiger partial charge in [0.25, 0.3) is 0 Å². The molecule has 0 saturated carbocycles. The molecular weight excluding hydrogens is 254 g/mol. The minimum atomic E-state index is 0.156. The molecule has 0 radical (unpaired) electrons. The molecule has 0 aromatic heterocycles. The minimum Gasteiger partial charge on any atom is -0.372 e. The molecule has 2 nitrogen and oxygen atoms in total. The van der Waals surface area contributed by atoms with Gasteiger partial charge in [0.05, 0.1) is 6.10 Å². The molecule has 1 aromatic rings. The van der Waals surface area contributed by atoms with Crippen molar-refractivity contribution in [2.45, 2.75) is 19.4 Å². The topological polar surface area (TPSA) is 21.3 Å². The second-order valence-corrected chi connectivity index (χ2v) is 4.38. The number of nitrogens with one attached hydrogen (secondary N) is 1. The maximum atomic E-state index is 5.78. The molecular formula is C12H18BrNO. The molecule has 15 heavy (non-hydrogen) atoms. The number of hydrogen-bond acceptors (Lipinski definition) is 2. The smallest absolute Gasteiger partial charge is 0.0949 e. The van der Waals surface area contributed by atoms with Crippen LogP contribution in [0.1, 0.15) is 25.0 Å². The van der Waals surface area contributed by atoms with Gasteiger partial charge in [-0.2, -0.15) is 0 Å². The van der Waals surface area contributed by atoms with Crippen LogP contribution in [0.25, 0.3) is 0 Å². The minimum absolute atomic E-state index is 0.156. The van der Waals surface area contributed by atoms with Crippen LogP contribution < -0.4 is 5.32 Å². The van der Waals surface area contributed by atoms with E-state index < -0.39 is 0 Å². The van der Waals surface area contributed by atoms with Crippen LogP contribution in [-0.2, 0) is 4.74 Å². The Hall–Kier alpha value is -0.380. The fourth-order valence-corrected chi connectivity index (χ4v) is 1.66. The predicted molar refractivity (Wildman–Crippen MR) is 67.1 cm³/mol. The molecule has 0 aliphatic heterocycles. The van der Waals surface area contributed by atoms with Crippen molar-refractivity contribution >= 4 is 15.9 Å². The quantitative estimate of drug-likeness (QED) is 0.859. The van der Waals surface area contributed by atoms with Gasteiger partial charge in [-0.1, -0.05) is 35.0 Å². The first-order valence-corrected chi connectivity index (χ1v) is 6.09. The highest BCUT2D eigenvalue weighted by atomic mass is 79.9. The van der Waals surface area contributed by atoms with Crippen LogP contribution >= 0.6 is 15.9 Å². The summed E-state index contributed by atoms with van der Waals surface area (Å²) in [5.74, 6) is 0. The molecule has 3 heteroatoms. The van der Waals surface area contributed by atoms with Gasteiger partial charge in [0, 0.05) is 17.6 Å². The van der Waals surface area contributed by atoms with Crippen molar-refractivity contribution in [2.75, 3.05) is 20.2 Å². The fourth-order valence-electron chi connectivity index (χ4n) is 1.40. The van der Waals surface area contributed by atoms with Gasteiger partial charge in [-0.25, -0.2) is 0 Å². The highest BCUT2D eigenvalue weighted by Crippen LogP contribution is 2.19. The summed E-state index contributed by atoms with van der Waals surface area (Å²) in [5, 5.41) is 3.15. The van der Waals surface area contributed by atoms with Crippen LogP contribution in [-0.4, -0.2) is 20.2 Å². The van der Waals surface area contributed by atoms with E-state index in [1.807, 2.05) is 19.2 Å². The summed E-state index contributed by atoms with van der Waals surface area (Å²) < 4.78 is 6.88. The van der Waals surface area contributed by atoms with Crippen LogP contribution in [0, 0.1) is 0 Å². The molecule has 0 aliphatic carbocycles. The first-order chi connectivity index (χ1) is 7.27. The van der Waals surface area contributed by atoms with E-state index in [1.54, 1.807) is 0 Å². The summed E-state index contributed by atoms with van der Waals surface area (Å²) in [7, 11) is 1.95. The van der Waals surface area contributed by atoms with Crippen molar-refractivity contribution in [3.8, 4) is 0 Å². The Bertz CT molecular complexity index is 273. The van der Waals surface area contributed by atoms with Crippen molar-refractivity contribution in [1.29, 1.82) is 0 Å². The number of likely N-dealkylation sites (N-methyl/N-ethyl adjacent to an activating group) is 1. The Kier molecular flexibility index (Phi) is 5.91. The van der Waals surface area contributed by atoms with Crippen LogP contribution in [0.15, 0.2) is 28.7 Å². The molecule has 0 fully saturated rings. The van der Waals surface area contributed by atoms with Gasteiger partial charge in [-0.3, -0.25) is 0 Å². The van der Waals surface area contributed by atoms with E-state index in [-0.39, 0.29) is 6.10 Å². The maximum Gasteiger partial charge on any atom is 0.0949 e. The Morgan fingerprint density at radius 1 is 1.33 bits per heavy atom. The molecule has 84 valence electrons. The highest BCUT2D eigenvalue weighted by molar-refractivity contribution is 9.10. The summed E-state index contributed by atoms with van der Waals surface area (Å²) in [6.45, 7) is 3.78. The van der Waals surface area contributed by atoms with Gasteiger partial charge < -0.3 is 10.1 Å². The molecule has 1 rings (SSSR count). The lowest BCUT2D eigenvalue weighted by atomic mass is 10.1. The average Bonchev–Trinajstić information content (AvgIpc) is 2.25. The summed E-state index contributed by atoms with van der Waals surface area (Å²) in [6, 6.07) is 8.30. The summed E-state index contributed by atoms with van der Waals surface area (Å²) in [6.07, 6.45) is 1.21. The van der Waals surface area contributed by atoms with Crippen LogP contribution in [0.2, 0.25) is 0 Å². The van der Waals surface area contributed by atoms with E-state index in [0.29, 0.717) is 0 Å². The van der Waals surface area contributed by atoms with Gasteiger partial charge >= 0.3 is 0 Å². The number of benzene rings is 1. The summed E-state index contributed by atoms with van der Waals surface area (Å²) in [4.78, 5) is 0. The second-order valence-electron chi connectivity index (χ2n) is 3.47. The van der Waals surface area contributed by atoms with Crippen LogP contribution in [0.3, 0.4) is 0 Å². The normalized spacial score (nSPS) is 12.7. The van der Waals surface area contributed by atoms with Gasteiger partial charge in [0.15, 0.2) is 0 Å². The molecule has 1 N–H and O–H groups in total. The molecule has 0 amide bonds. The fraction of sp³-hybridized carbons (Fsp3) is 0.500. The number of hydrogen-bond donors (Lipinski definition) is 1. The van der Waals surface area contributed by atoms with E-state index in [4.69, 9.17) is 4.74 Å². The standard InChI is InChI=1S/C12H18BrNO/c1-3-8-15-12(9-14-2)10-4-6-11(13)7-5-10/h4-7,12,14H,3,8-9H2,1-2H3. The van der Waals surface area contributed by atoms with Crippen molar-refractivity contribution in [3.63, 3.8) is 0 Å². The molecule has 1 atom stereocenters. The zero-order valence-electron chi connectivity index (χ0n) is 9.29. The third kappa shape index (κ3) is 4.33. The first-order valence-electron chi connectivity index (χ1n) is 5.29. The van der Waals surface area contributed by atoms with Crippen molar-refractivity contribution in [1.82, 2.24) is 5.32 Å². The molecule has 0 saturated heterocycles. The SMILES string of the molecule is CCCOC(CNC)c1ccc(Br)cc1. The zero-order valence-corrected chi connectivity index (χ0v) is 10.9. The lowest BCUT2D eigenvalue weighted by Gasteiger charge is -2.17. The third-order valence-corrected chi connectivity index (χ3v) is 2.68. The average molecular weight is 272 g/mol. The predicted octanol–water partition coefficient (Wildman–Crippen LogP) is 3.14. The van der Waals surface area contributed by atoms with E-state index in [9.17, 15) is 0 Å². The zero-order chi connectivity index (χ0) is 11.1. The Morgan fingerprint density at radius 3 is 2.53 bits per heavy atom. The highest BCUT2D eigenvalue weighted by Gasteiger charge is 2.09. The van der Waals surface area contributed by atoms with E-state index in [1.165, 1.54) is 5.56 Å². The van der Waals surface area contributed by atoms with E-state index >= 15 is 0 Å². The monoisotopic (exact) mass is 271 g/mol. The largest absolute Gasteiger partial charge is 0.372 e. The molecule has 0 bridgehead atoms. The van der Waals surface area contributed by atoms with E-state index in [2.05, 4.69) is 40.3 Å². The lowest BCUT2D eigenvalue weighted by molar-refractivity contribution is 0.0543. The molecule has 1 aromatic carbocycles. The maximum absolute atomic E-state index is 5.78. The molecule has 1 unspecified atom stereocenters. The second kappa shape index (κ2) is 6.99. The lowest BCUT2D eigenvalue weighted by Crippen LogP contribution is -2.20. The Morgan fingerprint density at radius 2 is 2.00 bits per heavy atom. The van der Waals surface area contributed by atoms with E-state index in [0.717, 1.165) is 24.0 Å². The number of ether oxygens (including phenoxy) is 1. The third-order valence-electron chi connectivity index (χ3n) is 2.15. The van der Waals surface area contributed by atoms with Gasteiger partial charge in [-0.15, -0.1) is 0 Å². The Labute approximate surface area is 100 Å².